The van der Waals surface area contributed by atoms with E-state index < -0.39 is 11.9 Å². The Kier molecular flexibility index (Phi) is 10.2. The third-order valence-electron chi connectivity index (χ3n) is 13.1. The fourth-order valence-corrected chi connectivity index (χ4v) is 9.81. The normalized spacial score (nSPS) is 21.5. The van der Waals surface area contributed by atoms with Crippen molar-refractivity contribution in [3.8, 4) is 22.8 Å². The zero-order valence-corrected chi connectivity index (χ0v) is 34.0. The number of carbonyl (C=O) groups is 4. The molecule has 5 aliphatic rings. The summed E-state index contributed by atoms with van der Waals surface area (Å²) in [5.41, 5.74) is 11.3. The summed E-state index contributed by atoms with van der Waals surface area (Å²) in [7, 11) is 0. The molecule has 16 heteroatoms. The number of amides is 5. The van der Waals surface area contributed by atoms with E-state index >= 15 is 0 Å². The molecule has 0 saturated carbocycles. The SMILES string of the molecule is Nc1ncnc2c1c(-c1ccc(Oc3ccccc3)cc1)nn2[C@@H]1CCCN(C(=O)N2CCC(N3CCN(c4ccc5c(c4)CN(C4CCC(=O)NC4=O)C5=O)CC3)CC2)C1. The Morgan fingerprint density at radius 3 is 2.33 bits per heavy atom. The molecule has 5 amide bonds. The number of nitrogens with zero attached hydrogens (tertiary/aromatic N) is 9. The summed E-state index contributed by atoms with van der Waals surface area (Å²) < 4.78 is 7.96. The van der Waals surface area contributed by atoms with Crippen LogP contribution >= 0.6 is 0 Å². The predicted octanol–water partition coefficient (Wildman–Crippen LogP) is 4.67. The number of hydrogen-bond donors (Lipinski definition) is 2. The number of aromatic nitrogens is 4. The highest BCUT2D eigenvalue weighted by molar-refractivity contribution is 6.05. The summed E-state index contributed by atoms with van der Waals surface area (Å²) in [4.78, 5) is 70.9. The average Bonchev–Trinajstić information content (AvgIpc) is 3.85. The van der Waals surface area contributed by atoms with Gasteiger partial charge in [-0.05, 0) is 92.3 Å². The Hall–Kier alpha value is -6.55. The molecular weight excluding hydrogens is 775 g/mol. The topological polar surface area (TPSA) is 175 Å². The summed E-state index contributed by atoms with van der Waals surface area (Å²) in [6, 6.07) is 23.2. The Bertz CT molecular complexity index is 2480. The first-order valence-corrected chi connectivity index (χ1v) is 21.4. The summed E-state index contributed by atoms with van der Waals surface area (Å²) in [5, 5.41) is 8.17. The number of piperazine rings is 1. The van der Waals surface area contributed by atoms with Gasteiger partial charge in [0.2, 0.25) is 11.8 Å². The van der Waals surface area contributed by atoms with E-state index in [4.69, 9.17) is 15.6 Å². The number of anilines is 2. The van der Waals surface area contributed by atoms with Crippen LogP contribution in [0.4, 0.5) is 16.3 Å². The van der Waals surface area contributed by atoms with Gasteiger partial charge in [-0.3, -0.25) is 24.6 Å². The van der Waals surface area contributed by atoms with E-state index in [1.54, 1.807) is 4.90 Å². The maximum Gasteiger partial charge on any atom is 0.320 e. The first-order valence-electron chi connectivity index (χ1n) is 21.4. The molecule has 16 nitrogen and oxygen atoms in total. The van der Waals surface area contributed by atoms with Crippen LogP contribution in [0.15, 0.2) is 79.1 Å². The van der Waals surface area contributed by atoms with Gasteiger partial charge in [0.25, 0.3) is 5.91 Å². The number of piperidine rings is 3. The van der Waals surface area contributed by atoms with Crippen molar-refractivity contribution < 1.29 is 23.9 Å². The number of fused-ring (bicyclic) bond motifs is 2. The Morgan fingerprint density at radius 1 is 0.787 bits per heavy atom. The molecule has 0 spiro atoms. The van der Waals surface area contributed by atoms with Crippen LogP contribution in [0.2, 0.25) is 0 Å². The second-order valence-electron chi connectivity index (χ2n) is 16.7. The van der Waals surface area contributed by atoms with Crippen LogP contribution in [0.1, 0.15) is 60.5 Å². The van der Waals surface area contributed by atoms with Gasteiger partial charge in [0.1, 0.15) is 35.4 Å². The van der Waals surface area contributed by atoms with Gasteiger partial charge in [-0.15, -0.1) is 0 Å². The summed E-state index contributed by atoms with van der Waals surface area (Å²) in [6.45, 7) is 6.63. The number of urea groups is 1. The number of benzene rings is 3. The lowest BCUT2D eigenvalue weighted by Crippen LogP contribution is -2.55. The van der Waals surface area contributed by atoms with Gasteiger partial charge in [-0.2, -0.15) is 5.10 Å². The molecule has 1 unspecified atom stereocenters. The predicted molar refractivity (Wildman–Crippen MR) is 228 cm³/mol. The first-order chi connectivity index (χ1) is 29.8. The van der Waals surface area contributed by atoms with Crippen molar-refractivity contribution >= 4 is 46.3 Å². The van der Waals surface area contributed by atoms with E-state index in [0.717, 1.165) is 87.5 Å². The molecule has 3 aromatic carbocycles. The third-order valence-corrected chi connectivity index (χ3v) is 13.1. The molecule has 2 atom stereocenters. The van der Waals surface area contributed by atoms with Crippen molar-refractivity contribution in [2.45, 2.75) is 63.2 Å². The minimum absolute atomic E-state index is 0.0618. The van der Waals surface area contributed by atoms with Crippen LogP contribution in [0.3, 0.4) is 0 Å². The van der Waals surface area contributed by atoms with Crippen LogP contribution in [0.5, 0.6) is 11.5 Å². The molecule has 0 bridgehead atoms. The number of para-hydroxylation sites is 1. The molecule has 0 radical (unpaired) electrons. The van der Waals surface area contributed by atoms with Gasteiger partial charge >= 0.3 is 6.03 Å². The molecule has 5 aromatic rings. The molecule has 5 aliphatic heterocycles. The number of nitrogens with one attached hydrogen (secondary N) is 1. The molecule has 2 aromatic heterocycles. The fraction of sp³-hybridized carbons (Fsp3) is 0.400. The molecule has 61 heavy (non-hydrogen) atoms. The molecule has 314 valence electrons. The lowest BCUT2D eigenvalue weighted by molar-refractivity contribution is -0.136. The number of likely N-dealkylation sites (tertiary alicyclic amines) is 2. The molecule has 7 heterocycles. The van der Waals surface area contributed by atoms with Gasteiger partial charge in [-0.1, -0.05) is 18.2 Å². The second kappa shape index (κ2) is 16.1. The maximum atomic E-state index is 14.0. The first kappa shape index (κ1) is 38.6. The second-order valence-corrected chi connectivity index (χ2v) is 16.7. The number of rotatable bonds is 7. The van der Waals surface area contributed by atoms with Crippen molar-refractivity contribution in [2.24, 2.45) is 0 Å². The Labute approximate surface area is 353 Å². The summed E-state index contributed by atoms with van der Waals surface area (Å²) in [6.07, 6.45) is 5.65. The maximum absolute atomic E-state index is 14.0. The van der Waals surface area contributed by atoms with Gasteiger partial charge in [0.05, 0.1) is 11.4 Å². The fourth-order valence-electron chi connectivity index (χ4n) is 9.81. The summed E-state index contributed by atoms with van der Waals surface area (Å²) in [5.74, 6) is 1.01. The zero-order chi connectivity index (χ0) is 41.6. The van der Waals surface area contributed by atoms with Crippen LogP contribution in [-0.2, 0) is 16.1 Å². The highest BCUT2D eigenvalue weighted by Crippen LogP contribution is 2.36. The minimum atomic E-state index is -0.618. The van der Waals surface area contributed by atoms with Gasteiger partial charge in [0, 0.05) is 88.2 Å². The van der Waals surface area contributed by atoms with Crippen LogP contribution < -0.4 is 20.7 Å². The number of hydrogen-bond acceptors (Lipinski definition) is 11. The highest BCUT2D eigenvalue weighted by Gasteiger charge is 2.40. The standard InChI is InChI=1S/C45H49N11O5/c46-41-39-40(29-8-11-35(12-9-29)61-34-6-2-1-3-7-34)50-56(42(39)48-28-47-41)33-5-4-18-54(27-33)45(60)53-19-16-31(17-20-53)51-21-23-52(24-22-51)32-10-13-36-30(25-32)26-55(44(36)59)37-14-15-38(57)49-43(37)58/h1-3,6-13,25,28,31,33,37H,4-5,14-24,26-27H2,(H2,46,47,48)(H,49,57,58)/t33-,37?/m1/s1. The Balaban J connectivity index is 0.740. The van der Waals surface area contributed by atoms with Crippen LogP contribution in [0, 0.1) is 0 Å². The van der Waals surface area contributed by atoms with Crippen molar-refractivity contribution in [1.82, 2.24) is 44.7 Å². The average molecular weight is 824 g/mol. The number of ether oxygens (including phenoxy) is 1. The smallest absolute Gasteiger partial charge is 0.320 e. The van der Waals surface area contributed by atoms with Crippen LogP contribution in [0.25, 0.3) is 22.3 Å². The van der Waals surface area contributed by atoms with E-state index in [1.807, 2.05) is 81.2 Å². The molecular formula is C45H49N11O5. The van der Waals surface area contributed by atoms with Crippen molar-refractivity contribution in [3.05, 3.63) is 90.3 Å². The highest BCUT2D eigenvalue weighted by atomic mass is 16.5. The van der Waals surface area contributed by atoms with E-state index in [0.29, 0.717) is 66.0 Å². The molecule has 10 rings (SSSR count). The van der Waals surface area contributed by atoms with E-state index in [2.05, 4.69) is 31.2 Å². The van der Waals surface area contributed by atoms with Crippen molar-refractivity contribution in [1.29, 1.82) is 0 Å². The van der Waals surface area contributed by atoms with Crippen molar-refractivity contribution in [3.63, 3.8) is 0 Å². The zero-order valence-electron chi connectivity index (χ0n) is 34.0. The quantitative estimate of drug-likeness (QED) is 0.218. The molecule has 3 N–H and O–H groups in total. The van der Waals surface area contributed by atoms with Crippen LogP contribution in [-0.4, -0.2) is 128 Å². The van der Waals surface area contributed by atoms with Gasteiger partial charge in [0.15, 0.2) is 5.65 Å². The van der Waals surface area contributed by atoms with Gasteiger partial charge in [-0.25, -0.2) is 19.4 Å². The molecule has 4 fully saturated rings. The lowest BCUT2D eigenvalue weighted by Gasteiger charge is -2.44. The third kappa shape index (κ3) is 7.49. The summed E-state index contributed by atoms with van der Waals surface area (Å²) >= 11 is 0. The number of nitrogen functional groups attached to an aromatic ring is 1. The lowest BCUT2D eigenvalue weighted by atomic mass is 10.0. The van der Waals surface area contributed by atoms with E-state index in [9.17, 15) is 19.2 Å². The number of nitrogens with two attached hydrogens (primary N) is 1. The van der Waals surface area contributed by atoms with Gasteiger partial charge < -0.3 is 30.1 Å². The minimum Gasteiger partial charge on any atom is -0.457 e. The van der Waals surface area contributed by atoms with E-state index in [-0.39, 0.29) is 30.3 Å². The van der Waals surface area contributed by atoms with E-state index in [1.165, 1.54) is 6.33 Å². The number of imide groups is 1. The number of carbonyl (C=O) groups excluding carboxylic acids is 4. The molecule has 0 aliphatic carbocycles. The van der Waals surface area contributed by atoms with Crippen molar-refractivity contribution in [2.75, 3.05) is 63.0 Å². The largest absolute Gasteiger partial charge is 0.457 e. The Morgan fingerprint density at radius 2 is 1.56 bits per heavy atom. The molecule has 4 saturated heterocycles. The monoisotopic (exact) mass is 823 g/mol.